The molecule has 7 nitrogen and oxygen atoms in total. The zero-order valence-electron chi connectivity index (χ0n) is 17.7. The predicted molar refractivity (Wildman–Crippen MR) is 110 cm³/mol. The van der Waals surface area contributed by atoms with Crippen molar-refractivity contribution in [3.05, 3.63) is 27.8 Å². The molecular formula is C22H35N3O4+2. The summed E-state index contributed by atoms with van der Waals surface area (Å²) in [5, 5.41) is 11.8. The molecule has 160 valence electrons. The number of nitro benzene ring substituents is 1. The van der Waals surface area contributed by atoms with E-state index in [0.717, 1.165) is 24.1 Å². The van der Waals surface area contributed by atoms with Crippen molar-refractivity contribution in [1.82, 2.24) is 0 Å². The average molecular weight is 406 g/mol. The highest BCUT2D eigenvalue weighted by Crippen LogP contribution is 2.34. The van der Waals surface area contributed by atoms with Gasteiger partial charge in [-0.1, -0.05) is 19.3 Å². The second-order valence-electron chi connectivity index (χ2n) is 9.01. The van der Waals surface area contributed by atoms with Gasteiger partial charge in [0.25, 0.3) is 5.69 Å². The molecule has 7 heteroatoms. The smallest absolute Gasteiger partial charge is 0.282 e. The molecule has 1 aliphatic carbocycles. The summed E-state index contributed by atoms with van der Waals surface area (Å²) in [5.41, 5.74) is 0.920. The maximum Gasteiger partial charge on any atom is 0.282 e. The molecule has 0 spiro atoms. The van der Waals surface area contributed by atoms with Crippen LogP contribution in [-0.2, 0) is 6.54 Å². The fourth-order valence-corrected chi connectivity index (χ4v) is 6.28. The molecule has 1 aromatic rings. The van der Waals surface area contributed by atoms with Crippen molar-refractivity contribution in [2.75, 3.05) is 33.9 Å². The molecule has 3 aliphatic rings. The SMILES string of the molecule is COc1cc(C[NH+]2CC[NH+]3CCC[C@@H]3[C@@H]2C2CCCCC2)c([N+](=O)[O-])cc1OC. The van der Waals surface area contributed by atoms with Gasteiger partial charge in [0.2, 0.25) is 0 Å². The van der Waals surface area contributed by atoms with Crippen molar-refractivity contribution in [3.63, 3.8) is 0 Å². The number of nitrogens with one attached hydrogen (secondary N) is 2. The lowest BCUT2D eigenvalue weighted by Gasteiger charge is -2.44. The third-order valence-electron chi connectivity index (χ3n) is 7.57. The Morgan fingerprint density at radius 2 is 1.72 bits per heavy atom. The van der Waals surface area contributed by atoms with Gasteiger partial charge in [0.15, 0.2) is 11.5 Å². The fourth-order valence-electron chi connectivity index (χ4n) is 6.28. The fraction of sp³-hybridized carbons (Fsp3) is 0.727. The molecule has 1 aromatic carbocycles. The number of nitro groups is 1. The first-order valence-electron chi connectivity index (χ1n) is 11.2. The normalized spacial score (nSPS) is 30.0. The van der Waals surface area contributed by atoms with Crippen molar-refractivity contribution >= 4 is 5.69 Å². The van der Waals surface area contributed by atoms with Crippen LogP contribution >= 0.6 is 0 Å². The quantitative estimate of drug-likeness (QED) is 0.547. The summed E-state index contributed by atoms with van der Waals surface area (Å²) in [6.07, 6.45) is 9.33. The van der Waals surface area contributed by atoms with Crippen molar-refractivity contribution in [1.29, 1.82) is 0 Å². The Bertz CT molecular complexity index is 735. The zero-order chi connectivity index (χ0) is 20.4. The zero-order valence-corrected chi connectivity index (χ0v) is 17.7. The van der Waals surface area contributed by atoms with Crippen LogP contribution in [0.5, 0.6) is 11.5 Å². The van der Waals surface area contributed by atoms with Gasteiger partial charge >= 0.3 is 0 Å². The number of ether oxygens (including phenoxy) is 2. The number of quaternary nitrogens is 2. The maximum absolute atomic E-state index is 11.8. The van der Waals surface area contributed by atoms with Crippen LogP contribution in [-0.4, -0.2) is 50.9 Å². The van der Waals surface area contributed by atoms with Gasteiger partial charge in [-0.05, 0) is 18.9 Å². The third-order valence-corrected chi connectivity index (χ3v) is 7.57. The maximum atomic E-state index is 11.8. The molecule has 0 aromatic heterocycles. The number of hydrogen-bond donors (Lipinski definition) is 2. The lowest BCUT2D eigenvalue weighted by atomic mass is 9.78. The second kappa shape index (κ2) is 8.88. The summed E-state index contributed by atoms with van der Waals surface area (Å²) < 4.78 is 10.8. The van der Waals surface area contributed by atoms with Crippen LogP contribution < -0.4 is 19.3 Å². The van der Waals surface area contributed by atoms with E-state index in [1.54, 1.807) is 16.9 Å². The van der Waals surface area contributed by atoms with Crippen molar-refractivity contribution in [2.24, 2.45) is 5.92 Å². The van der Waals surface area contributed by atoms with Gasteiger partial charge < -0.3 is 19.3 Å². The van der Waals surface area contributed by atoms with Crippen LogP contribution in [0.4, 0.5) is 5.69 Å². The molecule has 3 fully saturated rings. The molecule has 2 aliphatic heterocycles. The van der Waals surface area contributed by atoms with Gasteiger partial charge in [-0.25, -0.2) is 0 Å². The van der Waals surface area contributed by atoms with Gasteiger partial charge in [0, 0.05) is 18.8 Å². The number of fused-ring (bicyclic) bond motifs is 1. The molecule has 0 bridgehead atoms. The molecule has 2 unspecified atom stereocenters. The summed E-state index contributed by atoms with van der Waals surface area (Å²) in [5.74, 6) is 1.76. The van der Waals surface area contributed by atoms with Crippen LogP contribution in [0.1, 0.15) is 50.5 Å². The first-order valence-corrected chi connectivity index (χ1v) is 11.2. The molecule has 29 heavy (non-hydrogen) atoms. The highest BCUT2D eigenvalue weighted by atomic mass is 16.6. The highest BCUT2D eigenvalue weighted by molar-refractivity contribution is 5.54. The van der Waals surface area contributed by atoms with Crippen LogP contribution in [0.2, 0.25) is 0 Å². The number of rotatable bonds is 6. The Labute approximate surface area is 173 Å². The molecule has 2 heterocycles. The van der Waals surface area contributed by atoms with E-state index in [2.05, 4.69) is 0 Å². The van der Waals surface area contributed by atoms with Gasteiger partial charge in [-0.2, -0.15) is 0 Å². The standard InChI is InChI=1S/C22H33N3O4/c1-28-20-13-17(19(25(26)27)14-21(20)29-2)15-24-12-11-23-10-6-9-18(23)22(24)16-7-4-3-5-8-16/h13-14,16,18,22H,3-12,15H2,1-2H3/p+2/t18-,22+/m1/s1. The monoisotopic (exact) mass is 405 g/mol. The van der Waals surface area contributed by atoms with Gasteiger partial charge in [-0.15, -0.1) is 0 Å². The molecule has 4 atom stereocenters. The van der Waals surface area contributed by atoms with E-state index in [4.69, 9.17) is 9.47 Å². The average Bonchev–Trinajstić information content (AvgIpc) is 3.22. The van der Waals surface area contributed by atoms with E-state index in [1.165, 1.54) is 71.2 Å². The van der Waals surface area contributed by atoms with Crippen LogP contribution in [0.15, 0.2) is 12.1 Å². The molecule has 0 radical (unpaired) electrons. The summed E-state index contributed by atoms with van der Waals surface area (Å²) in [4.78, 5) is 14.8. The number of benzene rings is 1. The minimum atomic E-state index is -0.274. The van der Waals surface area contributed by atoms with Crippen LogP contribution in [0.25, 0.3) is 0 Å². The van der Waals surface area contributed by atoms with Crippen molar-refractivity contribution in [2.45, 2.75) is 63.6 Å². The number of nitrogens with zero attached hydrogens (tertiary/aromatic N) is 1. The lowest BCUT2D eigenvalue weighted by Crippen LogP contribution is -3.32. The molecule has 1 saturated carbocycles. The number of piperazine rings is 1. The Morgan fingerprint density at radius 3 is 2.41 bits per heavy atom. The van der Waals surface area contributed by atoms with Gasteiger partial charge in [0.1, 0.15) is 31.7 Å². The highest BCUT2D eigenvalue weighted by Gasteiger charge is 2.49. The van der Waals surface area contributed by atoms with E-state index in [9.17, 15) is 10.1 Å². The lowest BCUT2D eigenvalue weighted by molar-refractivity contribution is -1.05. The van der Waals surface area contributed by atoms with Gasteiger partial charge in [-0.3, -0.25) is 10.1 Å². The largest absolute Gasteiger partial charge is 0.493 e. The Morgan fingerprint density at radius 1 is 1.00 bits per heavy atom. The number of hydrogen-bond acceptors (Lipinski definition) is 4. The minimum Gasteiger partial charge on any atom is -0.493 e. The molecular weight excluding hydrogens is 370 g/mol. The molecule has 4 rings (SSSR count). The van der Waals surface area contributed by atoms with E-state index in [0.29, 0.717) is 24.1 Å². The first kappa shape index (κ1) is 20.4. The Hall–Kier alpha value is -1.86. The van der Waals surface area contributed by atoms with Crippen LogP contribution in [0.3, 0.4) is 0 Å². The predicted octanol–water partition coefficient (Wildman–Crippen LogP) is 1.01. The summed E-state index contributed by atoms with van der Waals surface area (Å²) >= 11 is 0. The van der Waals surface area contributed by atoms with E-state index in [-0.39, 0.29) is 10.6 Å². The first-order chi connectivity index (χ1) is 14.1. The topological polar surface area (TPSA) is 70.5 Å². The second-order valence-corrected chi connectivity index (χ2v) is 9.01. The van der Waals surface area contributed by atoms with E-state index in [1.807, 2.05) is 6.07 Å². The minimum absolute atomic E-state index is 0.152. The Kier molecular flexibility index (Phi) is 6.25. The summed E-state index contributed by atoms with van der Waals surface area (Å²) in [6, 6.07) is 4.70. The Balaban J connectivity index is 1.65. The number of methoxy groups -OCH3 is 2. The molecule has 0 amide bonds. The third kappa shape index (κ3) is 4.08. The van der Waals surface area contributed by atoms with Crippen molar-refractivity contribution in [3.8, 4) is 11.5 Å². The van der Waals surface area contributed by atoms with Crippen molar-refractivity contribution < 1.29 is 24.2 Å². The molecule has 2 saturated heterocycles. The summed E-state index contributed by atoms with van der Waals surface area (Å²) in [7, 11) is 3.11. The summed E-state index contributed by atoms with van der Waals surface area (Å²) in [6.45, 7) is 4.28. The van der Waals surface area contributed by atoms with Crippen LogP contribution in [0, 0.1) is 16.0 Å². The molecule has 2 N–H and O–H groups in total. The van der Waals surface area contributed by atoms with E-state index < -0.39 is 0 Å². The van der Waals surface area contributed by atoms with Gasteiger partial charge in [0.05, 0.1) is 37.3 Å². The van der Waals surface area contributed by atoms with E-state index >= 15 is 0 Å².